The molecule has 6 rings (SSSR count). The second kappa shape index (κ2) is 8.18. The van der Waals surface area contributed by atoms with Gasteiger partial charge in [0.25, 0.3) is 0 Å². The highest BCUT2D eigenvalue weighted by molar-refractivity contribution is 5.91. The minimum absolute atomic E-state index is 0.146. The third kappa shape index (κ3) is 4.41. The quantitative estimate of drug-likeness (QED) is 0.456. The van der Waals surface area contributed by atoms with Gasteiger partial charge in [-0.05, 0) is 99.7 Å². The highest BCUT2D eigenvalue weighted by Crippen LogP contribution is 2.61. The molecule has 4 saturated carbocycles. The number of aliphatic imine (C=N–C) groups is 1. The normalized spacial score (nSPS) is 29.1. The highest BCUT2D eigenvalue weighted by Gasteiger charge is 2.50. The second-order valence-corrected chi connectivity index (χ2v) is 10.3. The number of carbonyl (C=O) groups is 1. The first-order chi connectivity index (χ1) is 15.0. The lowest BCUT2D eigenvalue weighted by Gasteiger charge is -2.57. The molecule has 31 heavy (non-hydrogen) atoms. The summed E-state index contributed by atoms with van der Waals surface area (Å²) in [5.41, 5.74) is 3.90. The van der Waals surface area contributed by atoms with E-state index in [-0.39, 0.29) is 12.1 Å². The molecule has 0 spiro atoms. The van der Waals surface area contributed by atoms with Crippen molar-refractivity contribution in [3.63, 3.8) is 0 Å². The number of carbonyl (C=O) groups excluding carboxylic acids is 1. The lowest BCUT2D eigenvalue weighted by molar-refractivity contribution is -0.0521. The van der Waals surface area contributed by atoms with Gasteiger partial charge in [-0.25, -0.2) is 14.8 Å². The number of nitrogens with zero attached hydrogens (tertiary/aromatic N) is 3. The molecular weight excluding hydrogens is 386 g/mol. The van der Waals surface area contributed by atoms with Crippen LogP contribution in [0.25, 0.3) is 0 Å². The summed E-state index contributed by atoms with van der Waals surface area (Å²) in [4.78, 5) is 25.4. The van der Waals surface area contributed by atoms with Crippen molar-refractivity contribution in [2.24, 2.45) is 28.2 Å². The predicted molar refractivity (Wildman–Crippen MR) is 121 cm³/mol. The van der Waals surface area contributed by atoms with E-state index in [1.54, 1.807) is 18.6 Å². The maximum Gasteiger partial charge on any atom is 0.338 e. The Morgan fingerprint density at radius 3 is 2.39 bits per heavy atom. The SMILES string of the molecule is CC(C)OC(=O)c1ccc(CC23CC4CC(CC(C4)C2)C3)c(N=Cc2cncnc2)c1. The maximum absolute atomic E-state index is 12.5. The van der Waals surface area contributed by atoms with Gasteiger partial charge in [-0.3, -0.25) is 4.99 Å². The Labute approximate surface area is 184 Å². The molecule has 4 bridgehead atoms. The van der Waals surface area contributed by atoms with Crippen molar-refractivity contribution in [2.75, 3.05) is 0 Å². The van der Waals surface area contributed by atoms with Gasteiger partial charge in [0.15, 0.2) is 0 Å². The monoisotopic (exact) mass is 417 g/mol. The molecule has 0 N–H and O–H groups in total. The number of ether oxygens (including phenoxy) is 1. The summed E-state index contributed by atoms with van der Waals surface area (Å²) in [6, 6.07) is 5.90. The summed E-state index contributed by atoms with van der Waals surface area (Å²) in [5.74, 6) is 2.45. The summed E-state index contributed by atoms with van der Waals surface area (Å²) in [6.07, 6.45) is 16.1. The summed E-state index contributed by atoms with van der Waals surface area (Å²) in [7, 11) is 0. The molecule has 4 aliphatic rings. The number of rotatable bonds is 6. The van der Waals surface area contributed by atoms with Crippen LogP contribution >= 0.6 is 0 Å². The molecule has 0 aliphatic heterocycles. The number of benzene rings is 1. The molecule has 5 nitrogen and oxygen atoms in total. The molecule has 1 aromatic heterocycles. The standard InChI is InChI=1S/C26H31N3O2/c1-17(2)31-25(30)22-3-4-23(24(8-22)29-15-21-13-27-16-28-14-21)12-26-9-18-5-19(10-26)7-20(6-18)11-26/h3-4,8,13-20H,5-7,9-12H2,1-2H3. The Kier molecular flexibility index (Phi) is 5.37. The van der Waals surface area contributed by atoms with Crippen LogP contribution in [0.4, 0.5) is 5.69 Å². The largest absolute Gasteiger partial charge is 0.459 e. The molecule has 1 heterocycles. The molecule has 0 radical (unpaired) electrons. The molecule has 5 heteroatoms. The molecule has 0 unspecified atom stereocenters. The first-order valence-corrected chi connectivity index (χ1v) is 11.6. The second-order valence-electron chi connectivity index (χ2n) is 10.3. The van der Waals surface area contributed by atoms with Crippen LogP contribution in [0.1, 0.15) is 73.9 Å². The third-order valence-corrected chi connectivity index (χ3v) is 7.33. The van der Waals surface area contributed by atoms with E-state index in [1.807, 2.05) is 26.0 Å². The van der Waals surface area contributed by atoms with Crippen LogP contribution in [0, 0.1) is 23.2 Å². The van der Waals surface area contributed by atoms with E-state index in [9.17, 15) is 4.79 Å². The van der Waals surface area contributed by atoms with E-state index in [0.29, 0.717) is 11.0 Å². The molecule has 0 atom stereocenters. The average Bonchev–Trinajstić information content (AvgIpc) is 2.72. The van der Waals surface area contributed by atoms with Gasteiger partial charge in [0.2, 0.25) is 0 Å². The van der Waals surface area contributed by atoms with Gasteiger partial charge in [0, 0.05) is 24.2 Å². The number of esters is 1. The van der Waals surface area contributed by atoms with Gasteiger partial charge < -0.3 is 4.74 Å². The zero-order valence-electron chi connectivity index (χ0n) is 18.5. The minimum atomic E-state index is -0.296. The van der Waals surface area contributed by atoms with Crippen molar-refractivity contribution < 1.29 is 9.53 Å². The van der Waals surface area contributed by atoms with E-state index in [1.165, 1.54) is 50.4 Å². The number of hydrogen-bond acceptors (Lipinski definition) is 5. The molecule has 4 aliphatic carbocycles. The molecular formula is C26H31N3O2. The first-order valence-electron chi connectivity index (χ1n) is 11.6. The van der Waals surface area contributed by atoms with Crippen molar-refractivity contribution in [3.05, 3.63) is 53.6 Å². The van der Waals surface area contributed by atoms with E-state index in [0.717, 1.165) is 35.4 Å². The van der Waals surface area contributed by atoms with Crippen molar-refractivity contribution >= 4 is 17.9 Å². The molecule has 4 fully saturated rings. The van der Waals surface area contributed by atoms with E-state index >= 15 is 0 Å². The topological polar surface area (TPSA) is 64.4 Å². The fourth-order valence-corrected chi connectivity index (χ4v) is 6.67. The Bertz CT molecular complexity index is 948. The molecule has 0 amide bonds. The fourth-order valence-electron chi connectivity index (χ4n) is 6.67. The Hall–Kier alpha value is -2.56. The minimum Gasteiger partial charge on any atom is -0.459 e. The fraction of sp³-hybridized carbons (Fsp3) is 0.538. The van der Waals surface area contributed by atoms with Crippen LogP contribution in [-0.2, 0) is 11.2 Å². The maximum atomic E-state index is 12.5. The van der Waals surface area contributed by atoms with Crippen molar-refractivity contribution in [1.29, 1.82) is 0 Å². The first kappa shape index (κ1) is 20.3. The summed E-state index contributed by atoms with van der Waals surface area (Å²) in [5, 5.41) is 0. The Morgan fingerprint density at radius 2 is 1.77 bits per heavy atom. The van der Waals surface area contributed by atoms with Gasteiger partial charge in [0.1, 0.15) is 6.33 Å². The van der Waals surface area contributed by atoms with Gasteiger partial charge in [-0.15, -0.1) is 0 Å². The molecule has 0 saturated heterocycles. The molecule has 162 valence electrons. The zero-order chi connectivity index (χ0) is 21.4. The molecule has 2 aromatic rings. The van der Waals surface area contributed by atoms with Gasteiger partial charge >= 0.3 is 5.97 Å². The average molecular weight is 418 g/mol. The van der Waals surface area contributed by atoms with Crippen molar-refractivity contribution in [2.45, 2.75) is 64.9 Å². The number of aromatic nitrogens is 2. The smallest absolute Gasteiger partial charge is 0.338 e. The Morgan fingerprint density at radius 1 is 1.13 bits per heavy atom. The lowest BCUT2D eigenvalue weighted by atomic mass is 9.48. The van der Waals surface area contributed by atoms with Crippen LogP contribution in [0.5, 0.6) is 0 Å². The van der Waals surface area contributed by atoms with Crippen LogP contribution in [0.15, 0.2) is 41.9 Å². The predicted octanol–water partition coefficient (Wildman–Crippen LogP) is 5.55. The highest BCUT2D eigenvalue weighted by atomic mass is 16.5. The number of hydrogen-bond donors (Lipinski definition) is 0. The van der Waals surface area contributed by atoms with Crippen LogP contribution < -0.4 is 0 Å². The van der Waals surface area contributed by atoms with Crippen molar-refractivity contribution in [1.82, 2.24) is 9.97 Å². The summed E-state index contributed by atoms with van der Waals surface area (Å²) >= 11 is 0. The molecule has 1 aromatic carbocycles. The summed E-state index contributed by atoms with van der Waals surface area (Å²) in [6.45, 7) is 3.74. The van der Waals surface area contributed by atoms with Crippen LogP contribution in [0.3, 0.4) is 0 Å². The Balaban J connectivity index is 1.45. The van der Waals surface area contributed by atoms with E-state index in [2.05, 4.69) is 16.0 Å². The van der Waals surface area contributed by atoms with Crippen LogP contribution in [0.2, 0.25) is 0 Å². The van der Waals surface area contributed by atoms with Crippen LogP contribution in [-0.4, -0.2) is 28.3 Å². The lowest BCUT2D eigenvalue weighted by Crippen LogP contribution is -2.47. The van der Waals surface area contributed by atoms with Gasteiger partial charge in [-0.1, -0.05) is 6.07 Å². The van der Waals surface area contributed by atoms with Gasteiger partial charge in [-0.2, -0.15) is 0 Å². The van der Waals surface area contributed by atoms with E-state index in [4.69, 9.17) is 9.73 Å². The van der Waals surface area contributed by atoms with Gasteiger partial charge in [0.05, 0.1) is 17.4 Å². The van der Waals surface area contributed by atoms with E-state index < -0.39 is 0 Å². The third-order valence-electron chi connectivity index (χ3n) is 7.33. The zero-order valence-corrected chi connectivity index (χ0v) is 18.5. The summed E-state index contributed by atoms with van der Waals surface area (Å²) < 4.78 is 5.42. The van der Waals surface area contributed by atoms with Crippen molar-refractivity contribution in [3.8, 4) is 0 Å².